The smallest absolute Gasteiger partial charge is 0.237 e. The lowest BCUT2D eigenvalue weighted by Crippen LogP contribution is -2.59. The summed E-state index contributed by atoms with van der Waals surface area (Å²) in [6.45, 7) is 7.30. The van der Waals surface area contributed by atoms with Crippen molar-refractivity contribution in [2.24, 2.45) is 0 Å². The van der Waals surface area contributed by atoms with E-state index in [9.17, 15) is 9.90 Å². The Hall–Kier alpha value is -0.650. The Kier molecular flexibility index (Phi) is 6.75. The van der Waals surface area contributed by atoms with Crippen LogP contribution >= 0.6 is 0 Å². The minimum absolute atomic E-state index is 0.00742. The van der Waals surface area contributed by atoms with Crippen LogP contribution in [0.1, 0.15) is 46.5 Å². The second kappa shape index (κ2) is 7.82. The largest absolute Gasteiger partial charge is 0.394 e. The molecule has 1 heterocycles. The van der Waals surface area contributed by atoms with Gasteiger partial charge in [-0.15, -0.1) is 0 Å². The summed E-state index contributed by atoms with van der Waals surface area (Å²) in [4.78, 5) is 12.1. The van der Waals surface area contributed by atoms with Gasteiger partial charge in [0.2, 0.25) is 5.91 Å². The molecule has 1 aliphatic rings. The first-order valence-electron chi connectivity index (χ1n) is 7.33. The van der Waals surface area contributed by atoms with Gasteiger partial charge in [0.15, 0.2) is 0 Å². The Labute approximate surface area is 116 Å². The van der Waals surface area contributed by atoms with Crippen molar-refractivity contribution < 1.29 is 14.6 Å². The molecular weight excluding hydrogens is 244 g/mol. The van der Waals surface area contributed by atoms with Crippen molar-refractivity contribution >= 4 is 5.91 Å². The molecule has 0 aromatic rings. The van der Waals surface area contributed by atoms with Gasteiger partial charge < -0.3 is 15.2 Å². The van der Waals surface area contributed by atoms with Crippen molar-refractivity contribution in [2.75, 3.05) is 19.8 Å². The van der Waals surface area contributed by atoms with Gasteiger partial charge in [-0.1, -0.05) is 13.8 Å². The fourth-order valence-corrected chi connectivity index (χ4v) is 2.45. The van der Waals surface area contributed by atoms with E-state index < -0.39 is 0 Å². The van der Waals surface area contributed by atoms with Crippen LogP contribution in [0.2, 0.25) is 0 Å². The molecule has 0 radical (unpaired) electrons. The third-order valence-corrected chi connectivity index (χ3v) is 4.00. The zero-order valence-electron chi connectivity index (χ0n) is 12.4. The van der Waals surface area contributed by atoms with Crippen LogP contribution in [0.3, 0.4) is 0 Å². The molecule has 0 aromatic heterocycles. The fourth-order valence-electron chi connectivity index (χ4n) is 2.45. The van der Waals surface area contributed by atoms with Crippen molar-refractivity contribution in [3.8, 4) is 0 Å². The first kappa shape index (κ1) is 16.4. The molecule has 1 saturated heterocycles. The number of carbonyl (C=O) groups excluding carboxylic acids is 1. The van der Waals surface area contributed by atoms with Crippen LogP contribution in [-0.2, 0) is 9.53 Å². The average Bonchev–Trinajstić information content (AvgIpc) is 2.45. The molecule has 1 fully saturated rings. The maximum absolute atomic E-state index is 12.1. The van der Waals surface area contributed by atoms with Gasteiger partial charge >= 0.3 is 0 Å². The minimum Gasteiger partial charge on any atom is -0.394 e. The van der Waals surface area contributed by atoms with Crippen molar-refractivity contribution in [1.29, 1.82) is 0 Å². The van der Waals surface area contributed by atoms with Gasteiger partial charge in [-0.2, -0.15) is 0 Å². The topological polar surface area (TPSA) is 70.6 Å². The van der Waals surface area contributed by atoms with Crippen LogP contribution in [0.15, 0.2) is 0 Å². The van der Waals surface area contributed by atoms with E-state index in [0.29, 0.717) is 13.2 Å². The zero-order chi connectivity index (χ0) is 14.3. The van der Waals surface area contributed by atoms with Gasteiger partial charge in [0.1, 0.15) is 0 Å². The maximum Gasteiger partial charge on any atom is 0.237 e. The van der Waals surface area contributed by atoms with Crippen LogP contribution in [0, 0.1) is 0 Å². The Morgan fingerprint density at radius 3 is 2.37 bits per heavy atom. The number of aliphatic hydroxyl groups excluding tert-OH is 1. The van der Waals surface area contributed by atoms with Crippen LogP contribution in [0.4, 0.5) is 0 Å². The summed E-state index contributed by atoms with van der Waals surface area (Å²) >= 11 is 0. The average molecular weight is 272 g/mol. The van der Waals surface area contributed by atoms with Gasteiger partial charge in [0.25, 0.3) is 0 Å². The highest BCUT2D eigenvalue weighted by molar-refractivity contribution is 5.81. The van der Waals surface area contributed by atoms with Crippen molar-refractivity contribution in [3.63, 3.8) is 0 Å². The molecule has 5 nitrogen and oxygen atoms in total. The zero-order valence-corrected chi connectivity index (χ0v) is 12.4. The van der Waals surface area contributed by atoms with E-state index in [0.717, 1.165) is 25.7 Å². The van der Waals surface area contributed by atoms with Gasteiger partial charge in [0, 0.05) is 24.8 Å². The summed E-state index contributed by atoms with van der Waals surface area (Å²) < 4.78 is 5.32. The first-order chi connectivity index (χ1) is 9.06. The molecular formula is C14H28N2O3. The number of amides is 1. The summed E-state index contributed by atoms with van der Waals surface area (Å²) in [5.41, 5.74) is -0.372. The lowest BCUT2D eigenvalue weighted by molar-refractivity contribution is -0.124. The van der Waals surface area contributed by atoms with Gasteiger partial charge in [0.05, 0.1) is 12.6 Å². The molecule has 1 rings (SSSR count). The molecule has 0 aromatic carbocycles. The molecule has 1 aliphatic heterocycles. The van der Waals surface area contributed by atoms with Crippen molar-refractivity contribution in [3.05, 3.63) is 0 Å². The van der Waals surface area contributed by atoms with Crippen LogP contribution in [-0.4, -0.2) is 48.5 Å². The van der Waals surface area contributed by atoms with E-state index in [1.807, 2.05) is 6.92 Å². The van der Waals surface area contributed by atoms with E-state index in [1.165, 1.54) is 0 Å². The summed E-state index contributed by atoms with van der Waals surface area (Å²) in [6.07, 6.45) is 3.36. The lowest BCUT2D eigenvalue weighted by atomic mass is 9.90. The molecule has 0 saturated carbocycles. The number of carbonyl (C=O) groups is 1. The van der Waals surface area contributed by atoms with Crippen molar-refractivity contribution in [1.82, 2.24) is 10.6 Å². The van der Waals surface area contributed by atoms with Gasteiger partial charge in [-0.05, 0) is 32.6 Å². The molecule has 1 atom stereocenters. The van der Waals surface area contributed by atoms with E-state index in [1.54, 1.807) is 0 Å². The van der Waals surface area contributed by atoms with Gasteiger partial charge in [-0.25, -0.2) is 0 Å². The minimum atomic E-state index is -0.372. The first-order valence-corrected chi connectivity index (χ1v) is 7.33. The number of aliphatic hydroxyl groups is 1. The molecule has 1 amide bonds. The summed E-state index contributed by atoms with van der Waals surface area (Å²) in [5.74, 6) is 0.00742. The van der Waals surface area contributed by atoms with E-state index in [4.69, 9.17) is 4.74 Å². The van der Waals surface area contributed by atoms with Crippen LogP contribution in [0.25, 0.3) is 0 Å². The Morgan fingerprint density at radius 2 is 1.89 bits per heavy atom. The maximum atomic E-state index is 12.1. The van der Waals surface area contributed by atoms with E-state index >= 15 is 0 Å². The third-order valence-electron chi connectivity index (χ3n) is 4.00. The number of rotatable bonds is 7. The highest BCUT2D eigenvalue weighted by Crippen LogP contribution is 2.20. The molecule has 19 heavy (non-hydrogen) atoms. The monoisotopic (exact) mass is 272 g/mol. The van der Waals surface area contributed by atoms with Gasteiger partial charge in [-0.3, -0.25) is 10.1 Å². The number of ether oxygens (including phenoxy) is 1. The molecule has 0 spiro atoms. The Balaban J connectivity index is 2.51. The fraction of sp³-hybridized carbons (Fsp3) is 0.929. The SMILES string of the molecule is CCC(CC)NC(=O)C(C)NC1(CO)CCOCC1. The quantitative estimate of drug-likeness (QED) is 0.641. The second-order valence-corrected chi connectivity index (χ2v) is 5.44. The number of nitrogens with one attached hydrogen (secondary N) is 2. The number of hydrogen-bond acceptors (Lipinski definition) is 4. The molecule has 0 aliphatic carbocycles. The summed E-state index contributed by atoms with van der Waals surface area (Å²) in [7, 11) is 0. The Morgan fingerprint density at radius 1 is 1.32 bits per heavy atom. The predicted molar refractivity (Wildman–Crippen MR) is 75.0 cm³/mol. The molecule has 112 valence electrons. The van der Waals surface area contributed by atoms with Crippen LogP contribution < -0.4 is 10.6 Å². The molecule has 0 bridgehead atoms. The Bertz CT molecular complexity index is 274. The third kappa shape index (κ3) is 4.75. The molecule has 3 N–H and O–H groups in total. The summed E-state index contributed by atoms with van der Waals surface area (Å²) in [6, 6.07) is -0.0673. The summed E-state index contributed by atoms with van der Waals surface area (Å²) in [5, 5.41) is 15.9. The normalized spacial score (nSPS) is 20.3. The lowest BCUT2D eigenvalue weighted by Gasteiger charge is -2.38. The second-order valence-electron chi connectivity index (χ2n) is 5.44. The standard InChI is InChI=1S/C14H28N2O3/c1-4-12(5-2)15-13(18)11(3)16-14(10-17)6-8-19-9-7-14/h11-12,16-17H,4-10H2,1-3H3,(H,15,18). The van der Waals surface area contributed by atoms with E-state index in [-0.39, 0.29) is 30.1 Å². The number of hydrogen-bond donors (Lipinski definition) is 3. The van der Waals surface area contributed by atoms with Crippen molar-refractivity contribution in [2.45, 2.75) is 64.1 Å². The molecule has 1 unspecified atom stereocenters. The van der Waals surface area contributed by atoms with Crippen LogP contribution in [0.5, 0.6) is 0 Å². The predicted octanol–water partition coefficient (Wildman–Crippen LogP) is 0.811. The highest BCUT2D eigenvalue weighted by atomic mass is 16.5. The molecule has 5 heteroatoms. The highest BCUT2D eigenvalue weighted by Gasteiger charge is 2.34. The van der Waals surface area contributed by atoms with E-state index in [2.05, 4.69) is 24.5 Å².